The van der Waals surface area contributed by atoms with E-state index in [-0.39, 0.29) is 6.10 Å². The van der Waals surface area contributed by atoms with E-state index in [1.165, 1.54) is 24.8 Å². The van der Waals surface area contributed by atoms with Gasteiger partial charge in [-0.2, -0.15) is 0 Å². The van der Waals surface area contributed by atoms with Gasteiger partial charge in [0.2, 0.25) is 0 Å². The Hall–Kier alpha value is -0.863. The van der Waals surface area contributed by atoms with Crippen LogP contribution in [0.15, 0.2) is 36.4 Å². The lowest BCUT2D eigenvalue weighted by molar-refractivity contribution is 0.212. The lowest BCUT2D eigenvalue weighted by atomic mass is 9.92. The van der Waals surface area contributed by atoms with Crippen molar-refractivity contribution in [2.45, 2.75) is 57.0 Å². The maximum atomic E-state index is 10.9. The SMILES string of the molecule is C[Si](C)(C)C1CCCC/C=C(/c2ccccc2)C1O. The second-order valence-corrected chi connectivity index (χ2v) is 12.2. The van der Waals surface area contributed by atoms with E-state index in [2.05, 4.69) is 50.0 Å². The lowest BCUT2D eigenvalue weighted by Gasteiger charge is -2.35. The Morgan fingerprint density at radius 1 is 1.05 bits per heavy atom. The fraction of sp³-hybridized carbons (Fsp3) is 0.529. The van der Waals surface area contributed by atoms with Gasteiger partial charge in [0, 0.05) is 0 Å². The molecule has 1 nitrogen and oxygen atoms in total. The molecule has 1 N–H and O–H groups in total. The molecule has 0 amide bonds. The van der Waals surface area contributed by atoms with Crippen LogP contribution in [0.3, 0.4) is 0 Å². The van der Waals surface area contributed by atoms with Gasteiger partial charge in [0.15, 0.2) is 0 Å². The van der Waals surface area contributed by atoms with Crippen LogP contribution < -0.4 is 0 Å². The summed E-state index contributed by atoms with van der Waals surface area (Å²) in [6, 6.07) is 10.4. The molecule has 0 bridgehead atoms. The zero-order valence-corrected chi connectivity index (χ0v) is 13.4. The molecule has 1 aliphatic rings. The molecule has 1 aromatic carbocycles. The minimum absolute atomic E-state index is 0.283. The fourth-order valence-corrected chi connectivity index (χ4v) is 5.28. The highest BCUT2D eigenvalue weighted by molar-refractivity contribution is 6.77. The third-order valence-corrected chi connectivity index (χ3v) is 7.08. The zero-order valence-electron chi connectivity index (χ0n) is 12.4. The van der Waals surface area contributed by atoms with Crippen molar-refractivity contribution in [1.29, 1.82) is 0 Å². The summed E-state index contributed by atoms with van der Waals surface area (Å²) < 4.78 is 0. The summed E-state index contributed by atoms with van der Waals surface area (Å²) in [6.07, 6.45) is 6.77. The van der Waals surface area contributed by atoms with E-state index >= 15 is 0 Å². The minimum Gasteiger partial charge on any atom is -0.388 e. The first kappa shape index (κ1) is 14.5. The number of allylic oxidation sites excluding steroid dienone is 1. The number of hydrogen-bond donors (Lipinski definition) is 1. The van der Waals surface area contributed by atoms with Crippen LogP contribution in [0, 0.1) is 0 Å². The number of aliphatic hydroxyl groups is 1. The summed E-state index contributed by atoms with van der Waals surface area (Å²) in [5.41, 5.74) is 2.83. The van der Waals surface area contributed by atoms with Crippen molar-refractivity contribution in [2.75, 3.05) is 0 Å². The maximum Gasteiger partial charge on any atom is 0.0797 e. The standard InChI is InChI=1S/C17H26OSi/c1-19(2,3)16-13-9-5-8-12-15(17(16)18)14-10-6-4-7-11-14/h4,6-7,10-12,16-18H,5,8-9,13H2,1-3H3/b15-12-. The summed E-state index contributed by atoms with van der Waals surface area (Å²) in [5.74, 6) is 0. The van der Waals surface area contributed by atoms with Gasteiger partial charge in [-0.25, -0.2) is 0 Å². The Balaban J connectivity index is 2.34. The first-order valence-electron chi connectivity index (χ1n) is 7.43. The van der Waals surface area contributed by atoms with Crippen LogP contribution in [0.5, 0.6) is 0 Å². The highest BCUT2D eigenvalue weighted by Gasteiger charge is 2.34. The molecule has 0 fully saturated rings. The van der Waals surface area contributed by atoms with Crippen LogP contribution in [0.1, 0.15) is 31.2 Å². The Bertz CT molecular complexity index is 430. The smallest absolute Gasteiger partial charge is 0.0797 e. The second kappa shape index (κ2) is 6.06. The predicted octanol–water partition coefficient (Wildman–Crippen LogP) is 4.71. The largest absolute Gasteiger partial charge is 0.388 e. The van der Waals surface area contributed by atoms with Gasteiger partial charge in [-0.3, -0.25) is 0 Å². The quantitative estimate of drug-likeness (QED) is 0.774. The molecule has 0 saturated heterocycles. The molecule has 1 aliphatic carbocycles. The average Bonchev–Trinajstić information content (AvgIpc) is 2.34. The molecule has 0 radical (unpaired) electrons. The normalized spacial score (nSPS) is 28.1. The molecule has 0 saturated carbocycles. The van der Waals surface area contributed by atoms with Crippen LogP contribution >= 0.6 is 0 Å². The van der Waals surface area contributed by atoms with Gasteiger partial charge in [-0.15, -0.1) is 0 Å². The van der Waals surface area contributed by atoms with Gasteiger partial charge in [0.05, 0.1) is 14.2 Å². The zero-order chi connectivity index (χ0) is 13.9. The van der Waals surface area contributed by atoms with Crippen molar-refractivity contribution in [1.82, 2.24) is 0 Å². The number of rotatable bonds is 2. The highest BCUT2D eigenvalue weighted by atomic mass is 28.3. The summed E-state index contributed by atoms with van der Waals surface area (Å²) in [4.78, 5) is 0. The average molecular weight is 274 g/mol. The summed E-state index contributed by atoms with van der Waals surface area (Å²) in [5, 5.41) is 10.9. The molecule has 2 heteroatoms. The molecule has 0 aliphatic heterocycles. The van der Waals surface area contributed by atoms with Gasteiger partial charge in [-0.1, -0.05) is 68.9 Å². The number of benzene rings is 1. The number of hydrogen-bond acceptors (Lipinski definition) is 1. The van der Waals surface area contributed by atoms with E-state index in [9.17, 15) is 5.11 Å². The molecule has 2 unspecified atom stereocenters. The van der Waals surface area contributed by atoms with Gasteiger partial charge in [0.25, 0.3) is 0 Å². The monoisotopic (exact) mass is 274 g/mol. The molecule has 0 aromatic heterocycles. The molecule has 0 spiro atoms. The van der Waals surface area contributed by atoms with Gasteiger partial charge in [0.1, 0.15) is 0 Å². The Kier molecular flexibility index (Phi) is 4.64. The third kappa shape index (κ3) is 3.58. The third-order valence-electron chi connectivity index (χ3n) is 4.25. The Morgan fingerprint density at radius 3 is 2.37 bits per heavy atom. The van der Waals surface area contributed by atoms with Gasteiger partial charge < -0.3 is 5.11 Å². The van der Waals surface area contributed by atoms with E-state index in [1.807, 2.05) is 6.07 Å². The van der Waals surface area contributed by atoms with E-state index in [0.29, 0.717) is 5.54 Å². The molecule has 0 heterocycles. The molecular weight excluding hydrogens is 248 g/mol. The molecule has 2 atom stereocenters. The number of aliphatic hydroxyl groups excluding tert-OH is 1. The van der Waals surface area contributed by atoms with Crippen molar-refractivity contribution in [3.63, 3.8) is 0 Å². The van der Waals surface area contributed by atoms with Crippen LogP contribution in [0.4, 0.5) is 0 Å². The van der Waals surface area contributed by atoms with E-state index < -0.39 is 8.07 Å². The van der Waals surface area contributed by atoms with E-state index in [4.69, 9.17) is 0 Å². The van der Waals surface area contributed by atoms with E-state index in [1.54, 1.807) is 0 Å². The molecule has 19 heavy (non-hydrogen) atoms. The Labute approximate surface area is 118 Å². The maximum absolute atomic E-state index is 10.9. The Morgan fingerprint density at radius 2 is 1.74 bits per heavy atom. The second-order valence-electron chi connectivity index (χ2n) is 6.73. The summed E-state index contributed by atoms with van der Waals surface area (Å²) in [6.45, 7) is 7.14. The fourth-order valence-electron chi connectivity index (χ4n) is 3.09. The van der Waals surface area contributed by atoms with Crippen molar-refractivity contribution < 1.29 is 5.11 Å². The van der Waals surface area contributed by atoms with Crippen LogP contribution in [-0.2, 0) is 0 Å². The first-order chi connectivity index (χ1) is 9.00. The van der Waals surface area contributed by atoms with Crippen LogP contribution in [0.25, 0.3) is 5.57 Å². The topological polar surface area (TPSA) is 20.2 Å². The molecular formula is C17H26OSi. The minimum atomic E-state index is -1.34. The van der Waals surface area contributed by atoms with Gasteiger partial charge in [-0.05, 0) is 29.5 Å². The molecule has 1 aromatic rings. The molecule has 104 valence electrons. The van der Waals surface area contributed by atoms with Gasteiger partial charge >= 0.3 is 0 Å². The van der Waals surface area contributed by atoms with Crippen molar-refractivity contribution in [2.24, 2.45) is 0 Å². The van der Waals surface area contributed by atoms with E-state index in [0.717, 1.165) is 12.0 Å². The van der Waals surface area contributed by atoms with Crippen molar-refractivity contribution >= 4 is 13.6 Å². The first-order valence-corrected chi connectivity index (χ1v) is 11.0. The highest BCUT2D eigenvalue weighted by Crippen LogP contribution is 2.39. The van der Waals surface area contributed by atoms with Crippen molar-refractivity contribution in [3.05, 3.63) is 42.0 Å². The summed E-state index contributed by atoms with van der Waals surface area (Å²) >= 11 is 0. The molecule has 2 rings (SSSR count). The lowest BCUT2D eigenvalue weighted by Crippen LogP contribution is -2.37. The van der Waals surface area contributed by atoms with Crippen LogP contribution in [-0.4, -0.2) is 19.3 Å². The van der Waals surface area contributed by atoms with Crippen molar-refractivity contribution in [3.8, 4) is 0 Å². The predicted molar refractivity (Wildman–Crippen MR) is 86.0 cm³/mol. The van der Waals surface area contributed by atoms with Crippen LogP contribution in [0.2, 0.25) is 25.2 Å². The summed E-state index contributed by atoms with van der Waals surface area (Å²) in [7, 11) is -1.34.